The number of carbonyl (C=O) groups is 1. The molecule has 4 nitrogen and oxygen atoms in total. The number of carbonyl (C=O) groups excluding carboxylic acids is 1. The molecule has 0 saturated heterocycles. The largest absolute Gasteiger partial charge is 0.416 e. The zero-order chi connectivity index (χ0) is 19.5. The Hall–Kier alpha value is -3.14. The lowest BCUT2D eigenvalue weighted by Crippen LogP contribution is -2.22. The van der Waals surface area contributed by atoms with E-state index in [-0.39, 0.29) is 11.3 Å². The van der Waals surface area contributed by atoms with E-state index in [9.17, 15) is 18.0 Å². The van der Waals surface area contributed by atoms with Gasteiger partial charge in [-0.3, -0.25) is 9.78 Å². The molecule has 26 heavy (non-hydrogen) atoms. The number of nitrogens with one attached hydrogen (secondary N) is 1. The average Bonchev–Trinajstić information content (AvgIpc) is 2.71. The van der Waals surface area contributed by atoms with Crippen molar-refractivity contribution >= 4 is 5.78 Å². The molecule has 1 aliphatic heterocycles. The van der Waals surface area contributed by atoms with E-state index in [1.54, 1.807) is 0 Å². The molecular formula is C19H16F3N3O. The SMILES string of the molecule is C=C1C=CNC(C)=C(/C(=C\C(C)c2cc(C#N)ccn2)C(F)(F)F)C1=O. The highest BCUT2D eigenvalue weighted by Gasteiger charge is 2.40. The minimum Gasteiger partial charge on any atom is -0.365 e. The summed E-state index contributed by atoms with van der Waals surface area (Å²) in [6.07, 6.45) is 0.256. The molecule has 1 aromatic rings. The van der Waals surface area contributed by atoms with Crippen LogP contribution in [0.4, 0.5) is 13.2 Å². The van der Waals surface area contributed by atoms with Crippen LogP contribution in [0.1, 0.15) is 31.0 Å². The Kier molecular flexibility index (Phi) is 5.46. The van der Waals surface area contributed by atoms with Gasteiger partial charge in [-0.1, -0.05) is 19.6 Å². The molecule has 0 amide bonds. The quantitative estimate of drug-likeness (QED) is 0.827. The van der Waals surface area contributed by atoms with Crippen LogP contribution >= 0.6 is 0 Å². The molecule has 2 heterocycles. The fourth-order valence-electron chi connectivity index (χ4n) is 2.49. The molecule has 1 unspecified atom stereocenters. The molecule has 1 aliphatic rings. The monoisotopic (exact) mass is 359 g/mol. The number of allylic oxidation sites excluding steroid dienone is 6. The summed E-state index contributed by atoms with van der Waals surface area (Å²) < 4.78 is 41.2. The molecule has 1 aromatic heterocycles. The standard InChI is InChI=1S/C19H16F3N3O/c1-11-4-6-24-13(3)17(18(11)26)15(19(20,21)22)8-12(2)16-9-14(10-23)5-7-25-16/h4-9,12,24H,1H2,2-3H3/b15-8+. The van der Waals surface area contributed by atoms with Crippen LogP contribution in [0.25, 0.3) is 0 Å². The number of hydrogen-bond donors (Lipinski definition) is 1. The van der Waals surface area contributed by atoms with Crippen molar-refractivity contribution < 1.29 is 18.0 Å². The van der Waals surface area contributed by atoms with Crippen LogP contribution in [0.2, 0.25) is 0 Å². The molecule has 0 saturated carbocycles. The predicted molar refractivity (Wildman–Crippen MR) is 90.6 cm³/mol. The Bertz CT molecular complexity index is 886. The van der Waals surface area contributed by atoms with E-state index in [0.29, 0.717) is 11.3 Å². The number of nitriles is 1. The van der Waals surface area contributed by atoms with Gasteiger partial charge in [0, 0.05) is 35.3 Å². The van der Waals surface area contributed by atoms with Gasteiger partial charge < -0.3 is 5.32 Å². The first-order valence-electron chi connectivity index (χ1n) is 7.68. The summed E-state index contributed by atoms with van der Waals surface area (Å²) in [4.78, 5) is 16.4. The number of ketones is 1. The van der Waals surface area contributed by atoms with Gasteiger partial charge in [0.1, 0.15) is 0 Å². The maximum Gasteiger partial charge on any atom is 0.416 e. The Morgan fingerprint density at radius 2 is 2.15 bits per heavy atom. The van der Waals surface area contributed by atoms with Crippen LogP contribution in [0.15, 0.2) is 65.7 Å². The number of halogens is 3. The minimum atomic E-state index is -4.75. The maximum atomic E-state index is 13.7. The summed E-state index contributed by atoms with van der Waals surface area (Å²) >= 11 is 0. The van der Waals surface area contributed by atoms with Crippen LogP contribution in [0, 0.1) is 11.3 Å². The normalized spacial score (nSPS) is 16.8. The van der Waals surface area contributed by atoms with E-state index in [2.05, 4.69) is 16.9 Å². The van der Waals surface area contributed by atoms with Crippen LogP contribution in [0.5, 0.6) is 0 Å². The lowest BCUT2D eigenvalue weighted by molar-refractivity contribution is -0.114. The van der Waals surface area contributed by atoms with E-state index in [1.165, 1.54) is 44.5 Å². The highest BCUT2D eigenvalue weighted by Crippen LogP contribution is 2.36. The Morgan fingerprint density at radius 1 is 1.46 bits per heavy atom. The number of rotatable bonds is 3. The number of alkyl halides is 3. The summed E-state index contributed by atoms with van der Waals surface area (Å²) in [5.41, 5.74) is -0.903. The van der Waals surface area contributed by atoms with E-state index >= 15 is 0 Å². The van der Waals surface area contributed by atoms with Crippen molar-refractivity contribution in [2.45, 2.75) is 25.9 Å². The number of Topliss-reactive ketones (excluding diaryl/α,β-unsaturated/α-hetero) is 1. The molecule has 0 bridgehead atoms. The van der Waals surface area contributed by atoms with Gasteiger partial charge in [0.25, 0.3) is 0 Å². The van der Waals surface area contributed by atoms with E-state index in [1.807, 2.05) is 6.07 Å². The maximum absolute atomic E-state index is 13.7. The van der Waals surface area contributed by atoms with Gasteiger partial charge in [0.05, 0.1) is 22.8 Å². The fraction of sp³-hybridized carbons (Fsp3) is 0.211. The number of pyridine rings is 1. The fourth-order valence-corrected chi connectivity index (χ4v) is 2.49. The van der Waals surface area contributed by atoms with Crippen molar-refractivity contribution in [2.24, 2.45) is 0 Å². The van der Waals surface area contributed by atoms with Crippen LogP contribution in [-0.2, 0) is 4.79 Å². The molecular weight excluding hydrogens is 343 g/mol. The molecule has 0 spiro atoms. The average molecular weight is 359 g/mol. The highest BCUT2D eigenvalue weighted by atomic mass is 19.4. The first-order valence-corrected chi connectivity index (χ1v) is 7.68. The van der Waals surface area contributed by atoms with Gasteiger partial charge in [-0.15, -0.1) is 0 Å². The van der Waals surface area contributed by atoms with Gasteiger partial charge in [-0.05, 0) is 25.1 Å². The third kappa shape index (κ3) is 4.09. The highest BCUT2D eigenvalue weighted by molar-refractivity contribution is 6.13. The third-order valence-corrected chi connectivity index (χ3v) is 3.85. The van der Waals surface area contributed by atoms with Crippen LogP contribution in [0.3, 0.4) is 0 Å². The number of nitrogens with zero attached hydrogens (tertiary/aromatic N) is 2. The van der Waals surface area contributed by atoms with Crippen molar-refractivity contribution in [3.05, 3.63) is 76.9 Å². The molecule has 7 heteroatoms. The minimum absolute atomic E-state index is 0.0447. The van der Waals surface area contributed by atoms with Gasteiger partial charge in [-0.25, -0.2) is 0 Å². The molecule has 1 N–H and O–H groups in total. The van der Waals surface area contributed by atoms with Crippen LogP contribution in [-0.4, -0.2) is 16.9 Å². The second-order valence-corrected chi connectivity index (χ2v) is 5.78. The Balaban J connectivity index is 2.58. The lowest BCUT2D eigenvalue weighted by atomic mass is 9.92. The smallest absolute Gasteiger partial charge is 0.365 e. The molecule has 1 atom stereocenters. The summed E-state index contributed by atoms with van der Waals surface area (Å²) in [6, 6.07) is 4.81. The molecule has 0 radical (unpaired) electrons. The Morgan fingerprint density at radius 3 is 2.77 bits per heavy atom. The third-order valence-electron chi connectivity index (χ3n) is 3.85. The predicted octanol–water partition coefficient (Wildman–Crippen LogP) is 4.06. The van der Waals surface area contributed by atoms with Gasteiger partial charge in [0.15, 0.2) is 5.78 Å². The summed E-state index contributed by atoms with van der Waals surface area (Å²) in [5.74, 6) is -1.56. The van der Waals surface area contributed by atoms with E-state index < -0.39 is 29.0 Å². The summed E-state index contributed by atoms with van der Waals surface area (Å²) in [6.45, 7) is 6.43. The molecule has 134 valence electrons. The molecule has 0 aromatic carbocycles. The van der Waals surface area contributed by atoms with Gasteiger partial charge in [-0.2, -0.15) is 18.4 Å². The zero-order valence-electron chi connectivity index (χ0n) is 14.2. The molecule has 0 fully saturated rings. The lowest BCUT2D eigenvalue weighted by Gasteiger charge is -2.18. The van der Waals surface area contributed by atoms with Crippen molar-refractivity contribution in [3.8, 4) is 6.07 Å². The van der Waals surface area contributed by atoms with Gasteiger partial charge >= 0.3 is 6.18 Å². The Labute approximate surface area is 149 Å². The first-order chi connectivity index (χ1) is 12.1. The van der Waals surface area contributed by atoms with Crippen molar-refractivity contribution in [2.75, 3.05) is 0 Å². The summed E-state index contributed by atoms with van der Waals surface area (Å²) in [7, 11) is 0. The molecule has 0 aliphatic carbocycles. The molecule has 2 rings (SSSR count). The second kappa shape index (κ2) is 7.40. The van der Waals surface area contributed by atoms with Crippen molar-refractivity contribution in [3.63, 3.8) is 0 Å². The summed E-state index contributed by atoms with van der Waals surface area (Å²) in [5, 5.41) is 11.6. The number of aromatic nitrogens is 1. The topological polar surface area (TPSA) is 65.8 Å². The van der Waals surface area contributed by atoms with E-state index in [4.69, 9.17) is 5.26 Å². The number of hydrogen-bond acceptors (Lipinski definition) is 4. The van der Waals surface area contributed by atoms with Crippen molar-refractivity contribution in [1.29, 1.82) is 5.26 Å². The zero-order valence-corrected chi connectivity index (χ0v) is 14.2. The van der Waals surface area contributed by atoms with Gasteiger partial charge in [0.2, 0.25) is 0 Å². The second-order valence-electron chi connectivity index (χ2n) is 5.78. The van der Waals surface area contributed by atoms with E-state index in [0.717, 1.165) is 6.08 Å². The van der Waals surface area contributed by atoms with Crippen LogP contribution < -0.4 is 5.32 Å². The first kappa shape index (κ1) is 19.2. The van der Waals surface area contributed by atoms with Crippen molar-refractivity contribution in [1.82, 2.24) is 10.3 Å².